The van der Waals surface area contributed by atoms with Gasteiger partial charge >= 0.3 is 6.18 Å². The summed E-state index contributed by atoms with van der Waals surface area (Å²) in [6, 6.07) is 0. The molecule has 8 heteroatoms. The van der Waals surface area contributed by atoms with Crippen LogP contribution in [0.25, 0.3) is 11.4 Å². The summed E-state index contributed by atoms with van der Waals surface area (Å²) < 4.78 is 36.8. The summed E-state index contributed by atoms with van der Waals surface area (Å²) in [5.41, 5.74) is 0.943. The topological polar surface area (TPSA) is 51.6 Å². The van der Waals surface area contributed by atoms with E-state index in [0.29, 0.717) is 5.56 Å². The van der Waals surface area contributed by atoms with Gasteiger partial charge in [0.05, 0.1) is 5.56 Å². The second-order valence-electron chi connectivity index (χ2n) is 3.46. The molecule has 0 aliphatic heterocycles. The Kier molecular flexibility index (Phi) is 3.16. The van der Waals surface area contributed by atoms with Crippen molar-refractivity contribution < 1.29 is 13.2 Å². The van der Waals surface area contributed by atoms with Gasteiger partial charge < -0.3 is 0 Å². The van der Waals surface area contributed by atoms with E-state index >= 15 is 0 Å². The third-order valence-corrected chi connectivity index (χ3v) is 2.46. The van der Waals surface area contributed by atoms with Gasteiger partial charge in [-0.3, -0.25) is 0 Å². The van der Waals surface area contributed by atoms with E-state index in [1.165, 1.54) is 6.20 Å². The van der Waals surface area contributed by atoms with Crippen molar-refractivity contribution in [1.29, 1.82) is 0 Å². The SMILES string of the molecule is Cc1cnc(-c2cnc(C(F)(F)F)nc2)nc1Cl. The van der Waals surface area contributed by atoms with Gasteiger partial charge in [-0.1, -0.05) is 11.6 Å². The lowest BCUT2D eigenvalue weighted by atomic mass is 10.3. The molecule has 18 heavy (non-hydrogen) atoms. The lowest BCUT2D eigenvalue weighted by molar-refractivity contribution is -0.144. The molecule has 2 aromatic rings. The summed E-state index contributed by atoms with van der Waals surface area (Å²) >= 11 is 5.80. The van der Waals surface area contributed by atoms with Crippen molar-refractivity contribution in [2.24, 2.45) is 0 Å². The van der Waals surface area contributed by atoms with Crippen LogP contribution in [0.1, 0.15) is 11.4 Å². The Morgan fingerprint density at radius 1 is 1.06 bits per heavy atom. The van der Waals surface area contributed by atoms with Gasteiger partial charge in [-0.2, -0.15) is 13.2 Å². The van der Waals surface area contributed by atoms with E-state index in [-0.39, 0.29) is 16.5 Å². The van der Waals surface area contributed by atoms with E-state index in [1.54, 1.807) is 6.92 Å². The number of aryl methyl sites for hydroxylation is 1. The number of aromatic nitrogens is 4. The standard InChI is InChI=1S/C10H6ClF3N4/c1-5-2-15-8(18-7(5)11)6-3-16-9(17-4-6)10(12,13)14/h2-4H,1H3. The number of halogens is 4. The molecule has 0 aromatic carbocycles. The van der Waals surface area contributed by atoms with Crippen LogP contribution in [0.3, 0.4) is 0 Å². The van der Waals surface area contributed by atoms with E-state index in [4.69, 9.17) is 11.6 Å². The molecule has 2 rings (SSSR count). The lowest BCUT2D eigenvalue weighted by Crippen LogP contribution is -2.10. The van der Waals surface area contributed by atoms with Crippen molar-refractivity contribution in [3.05, 3.63) is 35.1 Å². The molecule has 0 atom stereocenters. The van der Waals surface area contributed by atoms with E-state index in [1.807, 2.05) is 0 Å². The molecule has 0 radical (unpaired) electrons. The molecular formula is C10H6ClF3N4. The quantitative estimate of drug-likeness (QED) is 0.750. The van der Waals surface area contributed by atoms with Gasteiger partial charge in [-0.05, 0) is 6.92 Å². The Balaban J connectivity index is 2.37. The molecule has 0 amide bonds. The van der Waals surface area contributed by atoms with Crippen LogP contribution in [-0.4, -0.2) is 19.9 Å². The predicted octanol–water partition coefficient (Wildman–Crippen LogP) is 2.91. The van der Waals surface area contributed by atoms with Crippen LogP contribution in [0.5, 0.6) is 0 Å². The molecular weight excluding hydrogens is 269 g/mol. The zero-order valence-electron chi connectivity index (χ0n) is 9.03. The monoisotopic (exact) mass is 274 g/mol. The van der Waals surface area contributed by atoms with Crippen LogP contribution < -0.4 is 0 Å². The maximum atomic E-state index is 12.3. The third kappa shape index (κ3) is 2.56. The maximum absolute atomic E-state index is 12.3. The van der Waals surface area contributed by atoms with Crippen LogP contribution in [0.15, 0.2) is 18.6 Å². The van der Waals surface area contributed by atoms with Crippen molar-refractivity contribution in [1.82, 2.24) is 19.9 Å². The zero-order valence-corrected chi connectivity index (χ0v) is 9.79. The Labute approximate surface area is 105 Å². The average molecular weight is 275 g/mol. The number of hydrogen-bond acceptors (Lipinski definition) is 4. The van der Waals surface area contributed by atoms with Gasteiger partial charge in [0, 0.05) is 24.2 Å². The Hall–Kier alpha value is -1.76. The summed E-state index contributed by atoms with van der Waals surface area (Å²) in [5.74, 6) is -1.02. The number of hydrogen-bond donors (Lipinski definition) is 0. The number of alkyl halides is 3. The van der Waals surface area contributed by atoms with Crippen LogP contribution in [0, 0.1) is 6.92 Å². The minimum Gasteiger partial charge on any atom is -0.236 e. The molecule has 0 bridgehead atoms. The van der Waals surface area contributed by atoms with Gasteiger partial charge in [0.25, 0.3) is 0 Å². The van der Waals surface area contributed by atoms with E-state index in [2.05, 4.69) is 19.9 Å². The third-order valence-electron chi connectivity index (χ3n) is 2.07. The minimum atomic E-state index is -4.57. The Bertz CT molecular complexity index is 568. The number of rotatable bonds is 1. The highest BCUT2D eigenvalue weighted by Crippen LogP contribution is 2.26. The van der Waals surface area contributed by atoms with Crippen molar-refractivity contribution >= 4 is 11.6 Å². The molecule has 0 saturated carbocycles. The fourth-order valence-corrected chi connectivity index (χ4v) is 1.28. The van der Waals surface area contributed by atoms with Gasteiger partial charge in [0.2, 0.25) is 5.82 Å². The molecule has 0 N–H and O–H groups in total. The first kappa shape index (κ1) is 12.7. The molecule has 94 valence electrons. The molecule has 0 aliphatic rings. The fourth-order valence-electron chi connectivity index (χ4n) is 1.15. The normalized spacial score (nSPS) is 11.6. The maximum Gasteiger partial charge on any atom is 0.451 e. The highest BCUT2D eigenvalue weighted by atomic mass is 35.5. The zero-order chi connectivity index (χ0) is 13.3. The summed E-state index contributed by atoms with van der Waals surface area (Å²) in [7, 11) is 0. The molecule has 2 aromatic heterocycles. The molecule has 4 nitrogen and oxygen atoms in total. The first-order chi connectivity index (χ1) is 8.38. The van der Waals surface area contributed by atoms with Crippen LogP contribution in [0.2, 0.25) is 5.15 Å². The van der Waals surface area contributed by atoms with Crippen molar-refractivity contribution in [3.63, 3.8) is 0 Å². The van der Waals surface area contributed by atoms with Crippen LogP contribution in [0.4, 0.5) is 13.2 Å². The predicted molar refractivity (Wildman–Crippen MR) is 57.8 cm³/mol. The van der Waals surface area contributed by atoms with Crippen LogP contribution >= 0.6 is 11.6 Å². The molecule has 0 spiro atoms. The van der Waals surface area contributed by atoms with E-state index < -0.39 is 12.0 Å². The summed E-state index contributed by atoms with van der Waals surface area (Å²) in [5, 5.41) is 0.236. The first-order valence-electron chi connectivity index (χ1n) is 4.76. The fraction of sp³-hybridized carbons (Fsp3) is 0.200. The van der Waals surface area contributed by atoms with Crippen LogP contribution in [-0.2, 0) is 6.18 Å². The van der Waals surface area contributed by atoms with Gasteiger partial charge in [-0.25, -0.2) is 19.9 Å². The Morgan fingerprint density at radius 2 is 1.67 bits per heavy atom. The van der Waals surface area contributed by atoms with Crippen molar-refractivity contribution in [2.45, 2.75) is 13.1 Å². The molecule has 0 aliphatic carbocycles. The summed E-state index contributed by atoms with van der Waals surface area (Å²) in [4.78, 5) is 14.3. The Morgan fingerprint density at radius 3 is 2.17 bits per heavy atom. The van der Waals surface area contributed by atoms with Gasteiger partial charge in [0.1, 0.15) is 5.15 Å². The lowest BCUT2D eigenvalue weighted by Gasteiger charge is -2.05. The van der Waals surface area contributed by atoms with Crippen molar-refractivity contribution in [2.75, 3.05) is 0 Å². The molecule has 2 heterocycles. The highest BCUT2D eigenvalue weighted by Gasteiger charge is 2.34. The van der Waals surface area contributed by atoms with E-state index in [0.717, 1.165) is 12.4 Å². The van der Waals surface area contributed by atoms with Gasteiger partial charge in [0.15, 0.2) is 5.82 Å². The van der Waals surface area contributed by atoms with Crippen molar-refractivity contribution in [3.8, 4) is 11.4 Å². The highest BCUT2D eigenvalue weighted by molar-refractivity contribution is 6.30. The summed E-state index contributed by atoms with van der Waals surface area (Å²) in [6.07, 6.45) is -1.07. The second-order valence-corrected chi connectivity index (χ2v) is 3.82. The largest absolute Gasteiger partial charge is 0.451 e. The minimum absolute atomic E-state index is 0.180. The average Bonchev–Trinajstić information content (AvgIpc) is 2.32. The summed E-state index contributed by atoms with van der Waals surface area (Å²) in [6.45, 7) is 1.72. The molecule has 0 fully saturated rings. The molecule has 0 saturated heterocycles. The second kappa shape index (κ2) is 4.49. The smallest absolute Gasteiger partial charge is 0.236 e. The molecule has 0 unspecified atom stereocenters. The van der Waals surface area contributed by atoms with E-state index in [9.17, 15) is 13.2 Å². The first-order valence-corrected chi connectivity index (χ1v) is 5.14. The van der Waals surface area contributed by atoms with Gasteiger partial charge in [-0.15, -0.1) is 0 Å². The number of nitrogens with zero attached hydrogens (tertiary/aromatic N) is 4.